The van der Waals surface area contributed by atoms with E-state index in [4.69, 9.17) is 9.47 Å². The van der Waals surface area contributed by atoms with Crippen molar-refractivity contribution in [1.29, 1.82) is 0 Å². The minimum absolute atomic E-state index is 0.0539. The number of anilines is 1. The fraction of sp³-hybridized carbons (Fsp3) is 0.659. The minimum Gasteiger partial charge on any atom is -0.445 e. The normalized spacial score (nSPS) is 16.6. The Kier molecular flexibility index (Phi) is 16.1. The molecule has 49 heavy (non-hydrogen) atoms. The molecular weight excluding hydrogens is 612 g/mol. The van der Waals surface area contributed by atoms with Crippen molar-refractivity contribution in [2.75, 3.05) is 50.7 Å². The highest BCUT2D eigenvalue weighted by molar-refractivity contribution is 5.69. The second-order valence-electron chi connectivity index (χ2n) is 15.0. The summed E-state index contributed by atoms with van der Waals surface area (Å²) < 4.78 is 11.3. The van der Waals surface area contributed by atoms with Crippen molar-refractivity contribution in [3.05, 3.63) is 65.2 Å². The lowest BCUT2D eigenvalue weighted by atomic mass is 9.86. The number of nitrogens with one attached hydrogen (secondary N) is 1. The van der Waals surface area contributed by atoms with Crippen molar-refractivity contribution in [1.82, 2.24) is 15.1 Å². The summed E-state index contributed by atoms with van der Waals surface area (Å²) in [7, 11) is 0. The summed E-state index contributed by atoms with van der Waals surface area (Å²) in [6, 6.07) is 17.1. The molecule has 1 atom stereocenters. The molecule has 1 unspecified atom stereocenters. The van der Waals surface area contributed by atoms with E-state index in [0.29, 0.717) is 13.2 Å². The Morgan fingerprint density at radius 2 is 1.55 bits per heavy atom. The third-order valence-electron chi connectivity index (χ3n) is 9.75. The first-order valence-corrected chi connectivity index (χ1v) is 19.3. The van der Waals surface area contributed by atoms with Gasteiger partial charge >= 0.3 is 12.2 Å². The molecule has 1 aliphatic heterocycles. The summed E-state index contributed by atoms with van der Waals surface area (Å²) in [5.74, 6) is 0. The van der Waals surface area contributed by atoms with Gasteiger partial charge in [0.2, 0.25) is 0 Å². The van der Waals surface area contributed by atoms with Crippen molar-refractivity contribution >= 4 is 17.9 Å². The van der Waals surface area contributed by atoms with Gasteiger partial charge in [-0.2, -0.15) is 0 Å². The van der Waals surface area contributed by atoms with Crippen molar-refractivity contribution in [2.45, 2.75) is 129 Å². The highest BCUT2D eigenvalue weighted by Gasteiger charge is 2.31. The van der Waals surface area contributed by atoms with E-state index in [-0.39, 0.29) is 18.2 Å². The van der Waals surface area contributed by atoms with Crippen LogP contribution in [0.3, 0.4) is 0 Å². The number of unbranched alkanes of at least 4 members (excludes halogenated alkanes) is 8. The maximum Gasteiger partial charge on any atom is 0.410 e. The molecule has 2 aromatic carbocycles. The molecule has 1 saturated heterocycles. The number of aryl methyl sites for hydroxylation is 1. The number of hydrogen-bond acceptors (Lipinski definition) is 6. The number of carbonyl (C=O) groups is 2. The SMILES string of the molecule is CCCN1CCN(c2ccc3c(c2)C(N(CCCCCCCCCCCNC(=O)OC(C)(C)C)C(=O)OCc2ccccc2)CCC3)CC1. The quantitative estimate of drug-likeness (QED) is 0.159. The molecule has 1 aliphatic carbocycles. The molecule has 0 aromatic heterocycles. The van der Waals surface area contributed by atoms with Crippen LogP contribution >= 0.6 is 0 Å². The number of alkyl carbamates (subject to hydrolysis) is 1. The standard InChI is InChI=1S/C41H64N4O4/c1-5-26-43-28-30-44(31-29-43)36-24-23-35-21-18-22-38(37(35)32-36)45(40(47)48-33-34-19-14-13-15-20-34)27-17-12-10-8-6-7-9-11-16-25-42-39(46)49-41(2,3)4/h13-15,19-20,23-24,32,38H,5-12,16-18,21-22,25-31,33H2,1-4H3,(H,42,46). The van der Waals surface area contributed by atoms with Gasteiger partial charge in [0, 0.05) is 45.0 Å². The Morgan fingerprint density at radius 3 is 2.22 bits per heavy atom. The Hall–Kier alpha value is -3.26. The Balaban J connectivity index is 1.25. The van der Waals surface area contributed by atoms with Crippen molar-refractivity contribution < 1.29 is 19.1 Å². The fourth-order valence-corrected chi connectivity index (χ4v) is 7.15. The predicted octanol–water partition coefficient (Wildman–Crippen LogP) is 9.27. The molecule has 4 rings (SSSR count). The molecule has 0 bridgehead atoms. The lowest BCUT2D eigenvalue weighted by Gasteiger charge is -2.38. The first-order valence-electron chi connectivity index (χ1n) is 19.3. The van der Waals surface area contributed by atoms with Gasteiger partial charge in [-0.1, -0.05) is 88.3 Å². The van der Waals surface area contributed by atoms with Gasteiger partial charge in [0.05, 0.1) is 6.04 Å². The number of fused-ring (bicyclic) bond motifs is 1. The summed E-state index contributed by atoms with van der Waals surface area (Å²) in [4.78, 5) is 32.7. The molecule has 2 amide bonds. The number of ether oxygens (including phenoxy) is 2. The predicted molar refractivity (Wildman–Crippen MR) is 200 cm³/mol. The molecule has 2 aliphatic rings. The van der Waals surface area contributed by atoms with Gasteiger partial charge in [-0.3, -0.25) is 4.90 Å². The van der Waals surface area contributed by atoms with Gasteiger partial charge < -0.3 is 24.6 Å². The Bertz CT molecular complexity index is 1260. The summed E-state index contributed by atoms with van der Waals surface area (Å²) in [6.45, 7) is 15.1. The monoisotopic (exact) mass is 676 g/mol. The van der Waals surface area contributed by atoms with Crippen LogP contribution in [0.25, 0.3) is 0 Å². The third-order valence-corrected chi connectivity index (χ3v) is 9.75. The van der Waals surface area contributed by atoms with Gasteiger partial charge in [-0.15, -0.1) is 0 Å². The average Bonchev–Trinajstić information content (AvgIpc) is 3.09. The smallest absolute Gasteiger partial charge is 0.410 e. The van der Waals surface area contributed by atoms with Crippen molar-refractivity contribution in [3.8, 4) is 0 Å². The first-order chi connectivity index (χ1) is 23.7. The number of amides is 2. The van der Waals surface area contributed by atoms with E-state index < -0.39 is 5.60 Å². The van der Waals surface area contributed by atoms with Crippen LogP contribution in [0.4, 0.5) is 15.3 Å². The van der Waals surface area contributed by atoms with Crippen LogP contribution in [-0.2, 0) is 22.5 Å². The molecule has 1 heterocycles. The highest BCUT2D eigenvalue weighted by Crippen LogP contribution is 2.37. The van der Waals surface area contributed by atoms with Crippen LogP contribution in [0.1, 0.15) is 127 Å². The third kappa shape index (κ3) is 13.5. The second kappa shape index (κ2) is 20.4. The number of piperazine rings is 1. The van der Waals surface area contributed by atoms with Crippen LogP contribution in [-0.4, -0.2) is 73.4 Å². The molecule has 0 spiro atoms. The Labute approximate surface area is 296 Å². The van der Waals surface area contributed by atoms with E-state index >= 15 is 0 Å². The zero-order chi connectivity index (χ0) is 34.9. The lowest BCUT2D eigenvalue weighted by Crippen LogP contribution is -2.46. The average molecular weight is 677 g/mol. The van der Waals surface area contributed by atoms with Crippen molar-refractivity contribution in [2.24, 2.45) is 0 Å². The summed E-state index contributed by atoms with van der Waals surface area (Å²) >= 11 is 0. The van der Waals surface area contributed by atoms with Crippen LogP contribution in [0.2, 0.25) is 0 Å². The molecule has 8 nitrogen and oxygen atoms in total. The Morgan fingerprint density at radius 1 is 0.878 bits per heavy atom. The molecule has 0 saturated carbocycles. The fourth-order valence-electron chi connectivity index (χ4n) is 7.15. The van der Waals surface area contributed by atoms with E-state index in [1.165, 1.54) is 61.9 Å². The largest absolute Gasteiger partial charge is 0.445 e. The minimum atomic E-state index is -0.455. The lowest BCUT2D eigenvalue weighted by molar-refractivity contribution is 0.0526. The van der Waals surface area contributed by atoms with E-state index in [9.17, 15) is 9.59 Å². The van der Waals surface area contributed by atoms with Gasteiger partial charge in [0.1, 0.15) is 12.2 Å². The zero-order valence-electron chi connectivity index (χ0n) is 31.0. The second-order valence-corrected chi connectivity index (χ2v) is 15.0. The molecule has 8 heteroatoms. The number of carbonyl (C=O) groups excluding carboxylic acids is 2. The van der Waals surface area contributed by atoms with E-state index in [2.05, 4.69) is 45.1 Å². The van der Waals surface area contributed by atoms with Gasteiger partial charge in [0.25, 0.3) is 0 Å². The van der Waals surface area contributed by atoms with Crippen molar-refractivity contribution in [3.63, 3.8) is 0 Å². The zero-order valence-corrected chi connectivity index (χ0v) is 31.0. The van der Waals surface area contributed by atoms with E-state index in [0.717, 1.165) is 83.2 Å². The molecule has 2 aromatic rings. The molecule has 1 fully saturated rings. The number of rotatable bonds is 18. The first kappa shape index (κ1) is 38.5. The molecule has 0 radical (unpaired) electrons. The number of nitrogens with zero attached hydrogens (tertiary/aromatic N) is 3. The number of benzene rings is 2. The highest BCUT2D eigenvalue weighted by atomic mass is 16.6. The summed E-state index contributed by atoms with van der Waals surface area (Å²) in [5.41, 5.74) is 4.55. The summed E-state index contributed by atoms with van der Waals surface area (Å²) in [5, 5.41) is 2.85. The van der Waals surface area contributed by atoms with Crippen LogP contribution in [0.5, 0.6) is 0 Å². The van der Waals surface area contributed by atoms with Gasteiger partial charge in [-0.05, 0) is 94.7 Å². The van der Waals surface area contributed by atoms with E-state index in [1.807, 2.05) is 51.1 Å². The topological polar surface area (TPSA) is 74.4 Å². The van der Waals surface area contributed by atoms with E-state index in [1.54, 1.807) is 0 Å². The molecule has 1 N–H and O–H groups in total. The van der Waals surface area contributed by atoms with Crippen LogP contribution in [0, 0.1) is 0 Å². The van der Waals surface area contributed by atoms with Gasteiger partial charge in [0.15, 0.2) is 0 Å². The maximum atomic E-state index is 13.8. The maximum absolute atomic E-state index is 13.8. The van der Waals surface area contributed by atoms with Crippen LogP contribution < -0.4 is 10.2 Å². The molecule has 272 valence electrons. The summed E-state index contributed by atoms with van der Waals surface area (Å²) in [6.07, 6.45) is 14.1. The van der Waals surface area contributed by atoms with Crippen LogP contribution in [0.15, 0.2) is 48.5 Å². The molecular formula is C41H64N4O4. The number of hydrogen-bond donors (Lipinski definition) is 1. The van der Waals surface area contributed by atoms with Gasteiger partial charge in [-0.25, -0.2) is 9.59 Å².